The molecule has 0 bridgehead atoms. The van der Waals surface area contributed by atoms with E-state index >= 15 is 0 Å². The minimum atomic E-state index is -0.282. The molecule has 0 atom stereocenters. The molecule has 98 valence electrons. The van der Waals surface area contributed by atoms with Gasteiger partial charge in [0, 0.05) is 12.3 Å². The molecule has 0 spiro atoms. The standard InChI is InChI=1S/C13H10BrClN2O2/c1-19-9-3-4-10(15)11(6-9)17-13(18)8-2-5-12(14)16-7-8/h2-7H,1H3,(H,17,18). The summed E-state index contributed by atoms with van der Waals surface area (Å²) in [7, 11) is 1.55. The van der Waals surface area contributed by atoms with Crippen molar-refractivity contribution in [3.05, 3.63) is 51.7 Å². The molecule has 0 aliphatic carbocycles. The van der Waals surface area contributed by atoms with Crippen molar-refractivity contribution in [1.82, 2.24) is 4.98 Å². The molecule has 2 rings (SSSR count). The molecular weight excluding hydrogens is 332 g/mol. The van der Waals surface area contributed by atoms with Crippen LogP contribution in [-0.2, 0) is 0 Å². The third-order valence-electron chi connectivity index (χ3n) is 2.41. The highest BCUT2D eigenvalue weighted by Gasteiger charge is 2.09. The van der Waals surface area contributed by atoms with Gasteiger partial charge in [-0.1, -0.05) is 11.6 Å². The number of ether oxygens (including phenoxy) is 1. The molecule has 0 fully saturated rings. The molecule has 0 saturated carbocycles. The third kappa shape index (κ3) is 3.45. The highest BCUT2D eigenvalue weighted by molar-refractivity contribution is 9.10. The zero-order chi connectivity index (χ0) is 13.8. The third-order valence-corrected chi connectivity index (χ3v) is 3.21. The van der Waals surface area contributed by atoms with Gasteiger partial charge in [-0.25, -0.2) is 4.98 Å². The van der Waals surface area contributed by atoms with Gasteiger partial charge in [0.05, 0.1) is 23.4 Å². The summed E-state index contributed by atoms with van der Waals surface area (Å²) in [6, 6.07) is 8.41. The minimum absolute atomic E-state index is 0.282. The highest BCUT2D eigenvalue weighted by Crippen LogP contribution is 2.27. The first-order valence-corrected chi connectivity index (χ1v) is 6.53. The van der Waals surface area contributed by atoms with E-state index in [0.717, 1.165) is 0 Å². The van der Waals surface area contributed by atoms with E-state index in [2.05, 4.69) is 26.2 Å². The maximum Gasteiger partial charge on any atom is 0.257 e. The first-order chi connectivity index (χ1) is 9.10. The smallest absolute Gasteiger partial charge is 0.257 e. The molecule has 19 heavy (non-hydrogen) atoms. The lowest BCUT2D eigenvalue weighted by Crippen LogP contribution is -2.12. The van der Waals surface area contributed by atoms with E-state index in [1.165, 1.54) is 6.20 Å². The largest absolute Gasteiger partial charge is 0.497 e. The van der Waals surface area contributed by atoms with Crippen LogP contribution in [0.2, 0.25) is 5.02 Å². The van der Waals surface area contributed by atoms with E-state index in [1.807, 2.05) is 0 Å². The number of hydrogen-bond acceptors (Lipinski definition) is 3. The van der Waals surface area contributed by atoms with Gasteiger partial charge in [0.15, 0.2) is 0 Å². The molecule has 4 nitrogen and oxygen atoms in total. The first-order valence-electron chi connectivity index (χ1n) is 5.36. The Hall–Kier alpha value is -1.59. The van der Waals surface area contributed by atoms with Gasteiger partial charge in [-0.3, -0.25) is 4.79 Å². The zero-order valence-electron chi connectivity index (χ0n) is 9.98. The quantitative estimate of drug-likeness (QED) is 0.865. The van der Waals surface area contributed by atoms with Crippen molar-refractivity contribution in [2.24, 2.45) is 0 Å². The molecule has 1 aromatic carbocycles. The van der Waals surface area contributed by atoms with Crippen LogP contribution in [0.3, 0.4) is 0 Å². The fourth-order valence-electron chi connectivity index (χ4n) is 1.43. The number of rotatable bonds is 3. The Morgan fingerprint density at radius 2 is 2.16 bits per heavy atom. The topological polar surface area (TPSA) is 51.2 Å². The Morgan fingerprint density at radius 1 is 1.37 bits per heavy atom. The highest BCUT2D eigenvalue weighted by atomic mass is 79.9. The van der Waals surface area contributed by atoms with Crippen LogP contribution in [0.25, 0.3) is 0 Å². The number of benzene rings is 1. The fraction of sp³-hybridized carbons (Fsp3) is 0.0769. The van der Waals surface area contributed by atoms with Crippen LogP contribution in [-0.4, -0.2) is 18.0 Å². The summed E-state index contributed by atoms with van der Waals surface area (Å²) in [5, 5.41) is 3.16. The number of hydrogen-bond donors (Lipinski definition) is 1. The van der Waals surface area contributed by atoms with Crippen LogP contribution >= 0.6 is 27.5 Å². The number of pyridine rings is 1. The molecule has 2 aromatic rings. The van der Waals surface area contributed by atoms with Crippen molar-refractivity contribution in [2.75, 3.05) is 12.4 Å². The molecule has 6 heteroatoms. The molecule has 0 unspecified atom stereocenters. The Balaban J connectivity index is 2.21. The first kappa shape index (κ1) is 13.8. The molecule has 0 saturated heterocycles. The summed E-state index contributed by atoms with van der Waals surface area (Å²) < 4.78 is 5.75. The molecule has 1 heterocycles. The lowest BCUT2D eigenvalue weighted by molar-refractivity contribution is 0.102. The van der Waals surface area contributed by atoms with E-state index in [1.54, 1.807) is 37.4 Å². The number of aromatic nitrogens is 1. The summed E-state index contributed by atoms with van der Waals surface area (Å²) in [6.45, 7) is 0. The van der Waals surface area contributed by atoms with Gasteiger partial charge in [0.1, 0.15) is 10.4 Å². The Morgan fingerprint density at radius 3 is 2.79 bits per heavy atom. The van der Waals surface area contributed by atoms with Crippen LogP contribution in [0.15, 0.2) is 41.1 Å². The molecule has 0 aliphatic heterocycles. The van der Waals surface area contributed by atoms with Crippen LogP contribution in [0, 0.1) is 0 Å². The van der Waals surface area contributed by atoms with Crippen molar-refractivity contribution >= 4 is 39.1 Å². The average Bonchev–Trinajstić information content (AvgIpc) is 2.42. The van der Waals surface area contributed by atoms with Gasteiger partial charge in [-0.2, -0.15) is 0 Å². The second kappa shape index (κ2) is 6.04. The van der Waals surface area contributed by atoms with Crippen molar-refractivity contribution in [3.63, 3.8) is 0 Å². The monoisotopic (exact) mass is 340 g/mol. The summed E-state index contributed by atoms with van der Waals surface area (Å²) in [5.41, 5.74) is 0.941. The lowest BCUT2D eigenvalue weighted by Gasteiger charge is -2.09. The maximum atomic E-state index is 12.0. The van der Waals surface area contributed by atoms with Gasteiger partial charge < -0.3 is 10.1 Å². The van der Waals surface area contributed by atoms with Crippen molar-refractivity contribution in [2.45, 2.75) is 0 Å². The number of carbonyl (C=O) groups excluding carboxylic acids is 1. The number of halogens is 2. The van der Waals surface area contributed by atoms with E-state index in [0.29, 0.717) is 26.6 Å². The lowest BCUT2D eigenvalue weighted by atomic mass is 10.2. The Kier molecular flexibility index (Phi) is 4.39. The number of nitrogens with zero attached hydrogens (tertiary/aromatic N) is 1. The molecule has 0 aliphatic rings. The Bertz CT molecular complexity index is 602. The van der Waals surface area contributed by atoms with E-state index in [-0.39, 0.29) is 5.91 Å². The van der Waals surface area contributed by atoms with Gasteiger partial charge in [0.25, 0.3) is 5.91 Å². The van der Waals surface area contributed by atoms with Crippen molar-refractivity contribution < 1.29 is 9.53 Å². The summed E-state index contributed by atoms with van der Waals surface area (Å²) in [6.07, 6.45) is 1.48. The zero-order valence-corrected chi connectivity index (χ0v) is 12.3. The summed E-state index contributed by atoms with van der Waals surface area (Å²) in [5.74, 6) is 0.337. The molecular formula is C13H10BrClN2O2. The van der Waals surface area contributed by atoms with Gasteiger partial charge >= 0.3 is 0 Å². The summed E-state index contributed by atoms with van der Waals surface area (Å²) in [4.78, 5) is 16.0. The Labute approximate surface area is 123 Å². The number of nitrogens with one attached hydrogen (secondary N) is 1. The molecule has 0 radical (unpaired) electrons. The molecule has 1 aromatic heterocycles. The average molecular weight is 342 g/mol. The van der Waals surface area contributed by atoms with Gasteiger partial charge in [0.2, 0.25) is 0 Å². The van der Waals surface area contributed by atoms with Crippen molar-refractivity contribution in [3.8, 4) is 5.75 Å². The minimum Gasteiger partial charge on any atom is -0.497 e. The second-order valence-corrected chi connectivity index (χ2v) is 4.89. The second-order valence-electron chi connectivity index (χ2n) is 3.67. The number of methoxy groups -OCH3 is 1. The normalized spacial score (nSPS) is 10.1. The fourth-order valence-corrected chi connectivity index (χ4v) is 1.83. The number of anilines is 1. The van der Waals surface area contributed by atoms with E-state index in [4.69, 9.17) is 16.3 Å². The SMILES string of the molecule is COc1ccc(Cl)c(NC(=O)c2ccc(Br)nc2)c1. The van der Waals surface area contributed by atoms with Crippen LogP contribution in [0.5, 0.6) is 5.75 Å². The van der Waals surface area contributed by atoms with Crippen LogP contribution in [0.4, 0.5) is 5.69 Å². The van der Waals surface area contributed by atoms with E-state index < -0.39 is 0 Å². The number of amides is 1. The van der Waals surface area contributed by atoms with Crippen LogP contribution < -0.4 is 10.1 Å². The predicted molar refractivity (Wildman–Crippen MR) is 77.9 cm³/mol. The van der Waals surface area contributed by atoms with Gasteiger partial charge in [-0.05, 0) is 40.2 Å². The predicted octanol–water partition coefficient (Wildman–Crippen LogP) is 3.76. The van der Waals surface area contributed by atoms with Crippen molar-refractivity contribution in [1.29, 1.82) is 0 Å². The van der Waals surface area contributed by atoms with Gasteiger partial charge in [-0.15, -0.1) is 0 Å². The summed E-state index contributed by atoms with van der Waals surface area (Å²) >= 11 is 9.23. The maximum absolute atomic E-state index is 12.0. The van der Waals surface area contributed by atoms with Crippen LogP contribution in [0.1, 0.15) is 10.4 Å². The van der Waals surface area contributed by atoms with E-state index in [9.17, 15) is 4.79 Å². The number of carbonyl (C=O) groups is 1. The molecule has 1 amide bonds. The molecule has 1 N–H and O–H groups in total.